The monoisotopic (exact) mass is 374 g/mol. The number of thiophene rings is 1. The van der Waals surface area contributed by atoms with E-state index in [0.29, 0.717) is 28.1 Å². The Hall–Kier alpha value is -2.64. The van der Waals surface area contributed by atoms with Gasteiger partial charge in [-0.25, -0.2) is 4.79 Å². The van der Waals surface area contributed by atoms with Crippen LogP contribution in [0.5, 0.6) is 5.75 Å². The van der Waals surface area contributed by atoms with Crippen LogP contribution in [0.3, 0.4) is 0 Å². The van der Waals surface area contributed by atoms with E-state index in [1.165, 1.54) is 6.07 Å². The van der Waals surface area contributed by atoms with Gasteiger partial charge in [-0.2, -0.15) is 16.3 Å². The minimum absolute atomic E-state index is 0.0540. The zero-order valence-corrected chi connectivity index (χ0v) is 14.6. The lowest BCUT2D eigenvalue weighted by molar-refractivity contribution is 0.243. The number of benzene rings is 1. The van der Waals surface area contributed by atoms with Crippen molar-refractivity contribution in [3.8, 4) is 17.1 Å². The van der Waals surface area contributed by atoms with Crippen LogP contribution in [0, 0.1) is 6.92 Å². The van der Waals surface area contributed by atoms with Gasteiger partial charge in [0.05, 0.1) is 5.02 Å². The van der Waals surface area contributed by atoms with Crippen LogP contribution in [-0.4, -0.2) is 10.1 Å². The van der Waals surface area contributed by atoms with E-state index in [9.17, 15) is 4.79 Å². The summed E-state index contributed by atoms with van der Waals surface area (Å²) in [5, 5.41) is 8.95. The fourth-order valence-corrected chi connectivity index (χ4v) is 3.24. The molecule has 1 aromatic carbocycles. The highest BCUT2D eigenvalue weighted by atomic mass is 35.5. The minimum atomic E-state index is -0.421. The summed E-state index contributed by atoms with van der Waals surface area (Å²) in [6.45, 7) is 1.87. The lowest BCUT2D eigenvalue weighted by Gasteiger charge is -2.08. The summed E-state index contributed by atoms with van der Waals surface area (Å²) in [4.78, 5) is 15.8. The van der Waals surface area contributed by atoms with Gasteiger partial charge in [-0.3, -0.25) is 0 Å². The number of aromatic nitrogens is 2. The van der Waals surface area contributed by atoms with Gasteiger partial charge < -0.3 is 13.7 Å². The fraction of sp³-hybridized carbons (Fsp3) is 0.118. The molecule has 0 fully saturated rings. The molecule has 0 aliphatic heterocycles. The van der Waals surface area contributed by atoms with Crippen molar-refractivity contribution in [2.45, 2.75) is 13.5 Å². The van der Waals surface area contributed by atoms with Gasteiger partial charge in [0.2, 0.25) is 5.82 Å². The Kier molecular flexibility index (Phi) is 4.03. The third-order valence-electron chi connectivity index (χ3n) is 3.60. The molecule has 8 heteroatoms. The van der Waals surface area contributed by atoms with Crippen molar-refractivity contribution in [2.24, 2.45) is 0 Å². The zero-order valence-electron chi connectivity index (χ0n) is 13.0. The van der Waals surface area contributed by atoms with Crippen LogP contribution in [0.15, 0.2) is 48.8 Å². The van der Waals surface area contributed by atoms with E-state index >= 15 is 0 Å². The van der Waals surface area contributed by atoms with Gasteiger partial charge in [0.25, 0.3) is 5.89 Å². The Morgan fingerprint density at radius 2 is 2.20 bits per heavy atom. The van der Waals surface area contributed by atoms with Crippen LogP contribution in [0.1, 0.15) is 11.5 Å². The summed E-state index contributed by atoms with van der Waals surface area (Å²) < 4.78 is 16.0. The van der Waals surface area contributed by atoms with E-state index in [-0.39, 0.29) is 6.61 Å². The third kappa shape index (κ3) is 3.16. The first-order valence-corrected chi connectivity index (χ1v) is 8.64. The highest BCUT2D eigenvalue weighted by Crippen LogP contribution is 2.31. The van der Waals surface area contributed by atoms with Crippen LogP contribution in [0.4, 0.5) is 0 Å². The lowest BCUT2D eigenvalue weighted by atomic mass is 10.1. The maximum absolute atomic E-state index is 11.5. The van der Waals surface area contributed by atoms with Crippen molar-refractivity contribution >= 4 is 33.9 Å². The van der Waals surface area contributed by atoms with Gasteiger partial charge in [-0.05, 0) is 30.0 Å². The minimum Gasteiger partial charge on any atom is -0.482 e. The predicted molar refractivity (Wildman–Crippen MR) is 94.2 cm³/mol. The summed E-state index contributed by atoms with van der Waals surface area (Å²) in [6, 6.07) is 6.62. The van der Waals surface area contributed by atoms with Crippen molar-refractivity contribution in [2.75, 3.05) is 0 Å². The van der Waals surface area contributed by atoms with Crippen LogP contribution in [-0.2, 0) is 6.61 Å². The predicted octanol–water partition coefficient (Wildman–Crippen LogP) is 4.45. The zero-order chi connectivity index (χ0) is 17.4. The number of rotatable bonds is 4. The van der Waals surface area contributed by atoms with Crippen molar-refractivity contribution in [3.05, 3.63) is 61.9 Å². The number of hydrogen-bond donors (Lipinski definition) is 0. The number of fused-ring (bicyclic) bond motifs is 1. The van der Waals surface area contributed by atoms with E-state index in [1.807, 2.05) is 23.8 Å². The van der Waals surface area contributed by atoms with Gasteiger partial charge in [0, 0.05) is 28.5 Å². The van der Waals surface area contributed by atoms with E-state index in [1.54, 1.807) is 23.5 Å². The molecule has 0 spiro atoms. The number of aryl methyl sites for hydroxylation is 1. The summed E-state index contributed by atoms with van der Waals surface area (Å²) in [5.41, 5.74) is 1.67. The molecule has 0 N–H and O–H groups in total. The van der Waals surface area contributed by atoms with Crippen LogP contribution < -0.4 is 10.4 Å². The molecule has 3 aromatic heterocycles. The van der Waals surface area contributed by atoms with Gasteiger partial charge in [-0.1, -0.05) is 16.8 Å². The number of halogens is 1. The molecule has 0 radical (unpaired) electrons. The smallest absolute Gasteiger partial charge is 0.336 e. The van der Waals surface area contributed by atoms with E-state index in [0.717, 1.165) is 16.5 Å². The number of nitrogens with zero attached hydrogens (tertiary/aromatic N) is 2. The van der Waals surface area contributed by atoms with Crippen molar-refractivity contribution in [1.29, 1.82) is 0 Å². The molecular weight excluding hydrogens is 364 g/mol. The summed E-state index contributed by atoms with van der Waals surface area (Å²) in [7, 11) is 0. The highest BCUT2D eigenvalue weighted by Gasteiger charge is 2.13. The first-order chi connectivity index (χ1) is 12.1. The first-order valence-electron chi connectivity index (χ1n) is 7.32. The Balaban J connectivity index is 1.59. The maximum atomic E-state index is 11.5. The van der Waals surface area contributed by atoms with E-state index in [4.69, 9.17) is 25.3 Å². The largest absolute Gasteiger partial charge is 0.482 e. The quantitative estimate of drug-likeness (QED) is 0.491. The molecule has 4 rings (SSSR count). The van der Waals surface area contributed by atoms with Gasteiger partial charge in [-0.15, -0.1) is 0 Å². The Bertz CT molecular complexity index is 1100. The fourth-order valence-electron chi connectivity index (χ4n) is 2.39. The molecular formula is C17H11ClN2O4S. The molecule has 0 saturated carbocycles. The molecule has 3 heterocycles. The molecule has 0 amide bonds. The highest BCUT2D eigenvalue weighted by molar-refractivity contribution is 7.08. The molecule has 0 unspecified atom stereocenters. The average molecular weight is 375 g/mol. The summed E-state index contributed by atoms with van der Waals surface area (Å²) >= 11 is 7.81. The first kappa shape index (κ1) is 15.9. The normalized spacial score (nSPS) is 11.1. The summed E-state index contributed by atoms with van der Waals surface area (Å²) in [6.07, 6.45) is 0. The second-order valence-electron chi connectivity index (χ2n) is 5.34. The van der Waals surface area contributed by atoms with Crippen molar-refractivity contribution < 1.29 is 13.7 Å². The second-order valence-corrected chi connectivity index (χ2v) is 6.53. The van der Waals surface area contributed by atoms with Gasteiger partial charge in [0.1, 0.15) is 11.3 Å². The second kappa shape index (κ2) is 6.34. The maximum Gasteiger partial charge on any atom is 0.336 e. The van der Waals surface area contributed by atoms with E-state index < -0.39 is 5.63 Å². The Labute approximate surface area is 150 Å². The summed E-state index contributed by atoms with van der Waals surface area (Å²) in [5.74, 6) is 1.20. The van der Waals surface area contributed by atoms with Crippen molar-refractivity contribution in [3.63, 3.8) is 0 Å². The number of ether oxygens (including phenoxy) is 1. The molecule has 0 aliphatic carbocycles. The van der Waals surface area contributed by atoms with E-state index in [2.05, 4.69) is 10.1 Å². The molecule has 4 aromatic rings. The van der Waals surface area contributed by atoms with Gasteiger partial charge >= 0.3 is 5.63 Å². The number of hydrogen-bond acceptors (Lipinski definition) is 7. The lowest BCUT2D eigenvalue weighted by Crippen LogP contribution is -2.00. The SMILES string of the molecule is Cc1cc(=O)oc2cc(OCc3nc(-c4ccsc4)no3)c(Cl)cc12. The average Bonchev–Trinajstić information content (AvgIpc) is 3.25. The Morgan fingerprint density at radius 1 is 1.32 bits per heavy atom. The molecule has 0 aliphatic rings. The van der Waals surface area contributed by atoms with Crippen molar-refractivity contribution in [1.82, 2.24) is 10.1 Å². The topological polar surface area (TPSA) is 78.4 Å². The van der Waals surface area contributed by atoms with Crippen LogP contribution in [0.2, 0.25) is 5.02 Å². The molecule has 6 nitrogen and oxygen atoms in total. The molecule has 0 saturated heterocycles. The molecule has 0 bridgehead atoms. The van der Waals surface area contributed by atoms with Gasteiger partial charge in [0.15, 0.2) is 6.61 Å². The molecule has 126 valence electrons. The third-order valence-corrected chi connectivity index (χ3v) is 4.58. The molecule has 25 heavy (non-hydrogen) atoms. The standard InChI is InChI=1S/C17H11ClN2O4S/c1-9-4-16(21)23-13-6-14(12(18)5-11(9)13)22-7-15-19-17(20-24-15)10-2-3-25-8-10/h2-6,8H,7H2,1H3. The van der Waals surface area contributed by atoms with Crippen LogP contribution in [0.25, 0.3) is 22.4 Å². The van der Waals surface area contributed by atoms with Crippen LogP contribution >= 0.6 is 22.9 Å². The Morgan fingerprint density at radius 3 is 3.00 bits per heavy atom. The molecule has 0 atom stereocenters.